The monoisotopic (exact) mass is 513 g/mol. The van der Waals surface area contributed by atoms with Crippen molar-refractivity contribution in [2.45, 2.75) is 0 Å². The van der Waals surface area contributed by atoms with Crippen molar-refractivity contribution in [3.63, 3.8) is 0 Å². The quantitative estimate of drug-likeness (QED) is 0.224. The summed E-state index contributed by atoms with van der Waals surface area (Å²) in [7, 11) is 0. The Bertz CT molecular complexity index is 1620. The van der Waals surface area contributed by atoms with Crippen LogP contribution in [0.15, 0.2) is 133 Å². The van der Waals surface area contributed by atoms with Crippen LogP contribution in [0.25, 0.3) is 55.9 Å². The lowest BCUT2D eigenvalue weighted by Gasteiger charge is -2.23. The second-order valence-electron chi connectivity index (χ2n) is 9.19. The molecule has 39 heavy (non-hydrogen) atoms. The molecule has 188 valence electrons. The van der Waals surface area contributed by atoms with E-state index in [0.29, 0.717) is 11.4 Å². The number of aromatic nitrogens is 1. The van der Waals surface area contributed by atoms with Crippen molar-refractivity contribution in [2.75, 3.05) is 0 Å². The van der Waals surface area contributed by atoms with E-state index in [2.05, 4.69) is 0 Å². The average Bonchev–Trinajstić information content (AvgIpc) is 2.98. The van der Waals surface area contributed by atoms with Gasteiger partial charge in [-0.1, -0.05) is 72.8 Å². The third kappa shape index (κ3) is 4.85. The Hall–Kier alpha value is -4.96. The Morgan fingerprint density at radius 1 is 0.308 bits per heavy atom. The summed E-state index contributed by atoms with van der Waals surface area (Å²) in [5.74, 6) is -1.04. The zero-order valence-corrected chi connectivity index (χ0v) is 20.8. The molecule has 1 aromatic heterocycles. The zero-order chi connectivity index (χ0) is 26.8. The predicted octanol–water partition coefficient (Wildman–Crippen LogP) is 9.83. The number of pyridine rings is 1. The van der Waals surface area contributed by atoms with E-state index in [9.17, 15) is 13.2 Å². The Kier molecular flexibility index (Phi) is 6.52. The van der Waals surface area contributed by atoms with E-state index in [4.69, 9.17) is 4.98 Å². The number of benzene rings is 5. The molecule has 4 heteroatoms. The molecule has 0 spiro atoms. The van der Waals surface area contributed by atoms with Crippen molar-refractivity contribution < 1.29 is 13.2 Å². The van der Waals surface area contributed by atoms with E-state index < -0.39 is 0 Å². The van der Waals surface area contributed by atoms with E-state index in [1.807, 2.05) is 60.7 Å². The van der Waals surface area contributed by atoms with Crippen molar-refractivity contribution in [3.05, 3.63) is 151 Å². The van der Waals surface area contributed by atoms with Gasteiger partial charge in [-0.15, -0.1) is 0 Å². The van der Waals surface area contributed by atoms with Gasteiger partial charge < -0.3 is 0 Å². The van der Waals surface area contributed by atoms with Crippen LogP contribution in [0.3, 0.4) is 0 Å². The molecular formula is C35H22F3N. The number of hydrogen-bond donors (Lipinski definition) is 0. The van der Waals surface area contributed by atoms with Gasteiger partial charge in [0.05, 0.1) is 11.4 Å². The SMILES string of the molecule is Fc1ccc(-c2nc(-c3ccc(F)cc3)c(-c3ccccc3)c(-c3ccc(F)cc3)c2-c2ccccc2)cc1. The lowest BCUT2D eigenvalue weighted by molar-refractivity contribution is 0.627. The fourth-order valence-corrected chi connectivity index (χ4v) is 4.90. The first-order valence-corrected chi connectivity index (χ1v) is 12.5. The number of halogens is 3. The number of rotatable bonds is 5. The molecule has 0 aliphatic heterocycles. The summed E-state index contributed by atoms with van der Waals surface area (Å²) in [6.07, 6.45) is 0. The molecule has 6 aromatic rings. The third-order valence-electron chi connectivity index (χ3n) is 6.69. The molecule has 0 N–H and O–H groups in total. The molecule has 0 unspecified atom stereocenters. The molecular weight excluding hydrogens is 491 g/mol. The maximum atomic E-state index is 14.1. The summed E-state index contributed by atoms with van der Waals surface area (Å²) in [4.78, 5) is 5.21. The maximum absolute atomic E-state index is 14.1. The molecule has 1 heterocycles. The van der Waals surface area contributed by atoms with Crippen molar-refractivity contribution in [1.82, 2.24) is 4.98 Å². The summed E-state index contributed by atoms with van der Waals surface area (Å²) < 4.78 is 42.1. The number of hydrogen-bond acceptors (Lipinski definition) is 1. The van der Waals surface area contributed by atoms with Crippen molar-refractivity contribution >= 4 is 0 Å². The van der Waals surface area contributed by atoms with Gasteiger partial charge in [-0.05, 0) is 77.4 Å². The second kappa shape index (κ2) is 10.4. The van der Waals surface area contributed by atoms with Crippen LogP contribution in [0, 0.1) is 17.5 Å². The van der Waals surface area contributed by atoms with E-state index >= 15 is 0 Å². The van der Waals surface area contributed by atoms with Crippen LogP contribution in [0.1, 0.15) is 0 Å². The topological polar surface area (TPSA) is 12.9 Å². The normalized spacial score (nSPS) is 10.9. The Morgan fingerprint density at radius 3 is 0.974 bits per heavy atom. The molecule has 0 saturated heterocycles. The van der Waals surface area contributed by atoms with Gasteiger partial charge >= 0.3 is 0 Å². The third-order valence-corrected chi connectivity index (χ3v) is 6.69. The van der Waals surface area contributed by atoms with Crippen LogP contribution in [-0.2, 0) is 0 Å². The molecule has 0 amide bonds. The van der Waals surface area contributed by atoms with E-state index in [0.717, 1.165) is 44.5 Å². The molecule has 0 saturated carbocycles. The van der Waals surface area contributed by atoms with Crippen LogP contribution in [0.4, 0.5) is 13.2 Å². The lowest BCUT2D eigenvalue weighted by atomic mass is 9.83. The summed E-state index contributed by atoms with van der Waals surface area (Å²) in [5.41, 5.74) is 7.85. The van der Waals surface area contributed by atoms with Gasteiger partial charge in [-0.2, -0.15) is 0 Å². The summed E-state index contributed by atoms with van der Waals surface area (Å²) in [6, 6.07) is 38.5. The van der Waals surface area contributed by atoms with Crippen LogP contribution in [-0.4, -0.2) is 4.98 Å². The van der Waals surface area contributed by atoms with Gasteiger partial charge in [0.1, 0.15) is 17.5 Å². The molecule has 0 bridgehead atoms. The molecule has 1 nitrogen and oxygen atoms in total. The summed E-state index contributed by atoms with van der Waals surface area (Å²) in [6.45, 7) is 0. The standard InChI is InChI=1S/C35H22F3N/c36-28-17-11-25(12-18-28)31-32(23-7-3-1-4-8-23)34(26-13-19-29(37)20-14-26)39-35(27-15-21-30(38)22-16-27)33(31)24-9-5-2-6-10-24/h1-22H. The van der Waals surface area contributed by atoms with E-state index in [1.54, 1.807) is 36.4 Å². The maximum Gasteiger partial charge on any atom is 0.123 e. The van der Waals surface area contributed by atoms with E-state index in [1.165, 1.54) is 36.4 Å². The van der Waals surface area contributed by atoms with Crippen LogP contribution < -0.4 is 0 Å². The first-order valence-electron chi connectivity index (χ1n) is 12.5. The Morgan fingerprint density at radius 2 is 0.615 bits per heavy atom. The smallest absolute Gasteiger partial charge is 0.123 e. The van der Waals surface area contributed by atoms with Crippen LogP contribution >= 0.6 is 0 Å². The molecule has 0 aliphatic carbocycles. The van der Waals surface area contributed by atoms with Crippen LogP contribution in [0.2, 0.25) is 0 Å². The minimum atomic E-state index is -0.349. The minimum absolute atomic E-state index is 0.340. The minimum Gasteiger partial charge on any atom is -0.246 e. The highest BCUT2D eigenvalue weighted by atomic mass is 19.1. The largest absolute Gasteiger partial charge is 0.246 e. The van der Waals surface area contributed by atoms with Gasteiger partial charge in [0.15, 0.2) is 0 Å². The van der Waals surface area contributed by atoms with Gasteiger partial charge in [-0.25, -0.2) is 18.2 Å². The highest BCUT2D eigenvalue weighted by Crippen LogP contribution is 2.48. The van der Waals surface area contributed by atoms with Gasteiger partial charge in [-0.3, -0.25) is 0 Å². The van der Waals surface area contributed by atoms with Gasteiger partial charge in [0, 0.05) is 27.8 Å². The van der Waals surface area contributed by atoms with Crippen LogP contribution in [0.5, 0.6) is 0 Å². The highest BCUT2D eigenvalue weighted by Gasteiger charge is 2.25. The first kappa shape index (κ1) is 24.4. The molecule has 0 radical (unpaired) electrons. The Labute approximate surface area is 224 Å². The first-order chi connectivity index (χ1) is 19.1. The molecule has 0 atom stereocenters. The Balaban J connectivity index is 1.83. The van der Waals surface area contributed by atoms with Gasteiger partial charge in [0.2, 0.25) is 0 Å². The highest BCUT2D eigenvalue weighted by molar-refractivity contribution is 6.04. The zero-order valence-electron chi connectivity index (χ0n) is 20.8. The molecule has 0 aliphatic rings. The van der Waals surface area contributed by atoms with Crippen molar-refractivity contribution in [2.24, 2.45) is 0 Å². The molecule has 6 rings (SSSR count). The number of nitrogens with zero attached hydrogens (tertiary/aromatic N) is 1. The molecule has 5 aromatic carbocycles. The van der Waals surface area contributed by atoms with Crippen molar-refractivity contribution in [3.8, 4) is 55.9 Å². The summed E-state index contributed by atoms with van der Waals surface area (Å²) in [5, 5.41) is 0. The fraction of sp³-hybridized carbons (Fsp3) is 0. The molecule has 0 fully saturated rings. The lowest BCUT2D eigenvalue weighted by Crippen LogP contribution is -2.01. The van der Waals surface area contributed by atoms with Crippen molar-refractivity contribution in [1.29, 1.82) is 0 Å². The average molecular weight is 514 g/mol. The predicted molar refractivity (Wildman–Crippen MR) is 151 cm³/mol. The summed E-state index contributed by atoms with van der Waals surface area (Å²) >= 11 is 0. The fourth-order valence-electron chi connectivity index (χ4n) is 4.90. The second-order valence-corrected chi connectivity index (χ2v) is 9.19. The van der Waals surface area contributed by atoms with E-state index in [-0.39, 0.29) is 17.5 Å². The van der Waals surface area contributed by atoms with Gasteiger partial charge in [0.25, 0.3) is 0 Å².